The molecule has 0 fully saturated rings. The summed E-state index contributed by atoms with van der Waals surface area (Å²) in [5.41, 5.74) is 0. The highest BCUT2D eigenvalue weighted by molar-refractivity contribution is 5.84. The average Bonchev–Trinajstić information content (AvgIpc) is 2.31. The number of hydrogen-bond acceptors (Lipinski definition) is 4. The van der Waals surface area contributed by atoms with Gasteiger partial charge in [-0.1, -0.05) is 0 Å². The molecule has 5 nitrogen and oxygen atoms in total. The molecule has 1 heterocycles. The fourth-order valence-electron chi connectivity index (χ4n) is 1.45. The minimum atomic E-state index is -0.360. The van der Waals surface area contributed by atoms with Crippen LogP contribution in [0, 0.1) is 0 Å². The van der Waals surface area contributed by atoms with Crippen LogP contribution in [-0.4, -0.2) is 29.6 Å². The van der Waals surface area contributed by atoms with E-state index in [4.69, 9.17) is 4.74 Å². The number of aromatic nitrogens is 1. The molecule has 100 valence electrons. The lowest BCUT2D eigenvalue weighted by atomic mass is 10.2. The quantitative estimate of drug-likeness (QED) is 0.809. The minimum Gasteiger partial charge on any atom is -0.490 e. The van der Waals surface area contributed by atoms with Gasteiger partial charge in [-0.15, -0.1) is 0 Å². The Kier molecular flexibility index (Phi) is 5.42. The van der Waals surface area contributed by atoms with Crippen LogP contribution in [0.1, 0.15) is 27.7 Å². The van der Waals surface area contributed by atoms with Gasteiger partial charge in [0.2, 0.25) is 5.91 Å². The Morgan fingerprint density at radius 3 is 2.78 bits per heavy atom. The number of ether oxygens (including phenoxy) is 1. The number of carbonyl (C=O) groups excluding carboxylic acids is 1. The molecular weight excluding hydrogens is 230 g/mol. The molecule has 0 aromatic carbocycles. The van der Waals surface area contributed by atoms with Gasteiger partial charge in [-0.05, 0) is 39.8 Å². The van der Waals surface area contributed by atoms with E-state index in [1.807, 2.05) is 26.8 Å². The van der Waals surface area contributed by atoms with Crippen LogP contribution in [0.25, 0.3) is 0 Å². The van der Waals surface area contributed by atoms with Crippen molar-refractivity contribution in [3.63, 3.8) is 0 Å². The van der Waals surface area contributed by atoms with Gasteiger partial charge in [-0.25, -0.2) is 4.98 Å². The minimum absolute atomic E-state index is 0.0573. The zero-order valence-electron chi connectivity index (χ0n) is 11.4. The Morgan fingerprint density at radius 1 is 1.44 bits per heavy atom. The van der Waals surface area contributed by atoms with Crippen molar-refractivity contribution in [3.05, 3.63) is 18.3 Å². The van der Waals surface area contributed by atoms with Crippen LogP contribution in [0.3, 0.4) is 0 Å². The number of pyridine rings is 1. The summed E-state index contributed by atoms with van der Waals surface area (Å²) in [4.78, 5) is 16.0. The van der Waals surface area contributed by atoms with Crippen LogP contribution in [0.4, 0.5) is 5.82 Å². The lowest BCUT2D eigenvalue weighted by Gasteiger charge is -2.18. The van der Waals surface area contributed by atoms with Gasteiger partial charge in [0.05, 0.1) is 6.61 Å². The van der Waals surface area contributed by atoms with E-state index in [1.54, 1.807) is 19.2 Å². The van der Waals surface area contributed by atoms with Crippen molar-refractivity contribution in [1.29, 1.82) is 0 Å². The molecule has 0 aliphatic rings. The number of anilines is 1. The molecular formula is C13H21N3O2. The molecule has 1 rings (SSSR count). The molecule has 0 radical (unpaired) electrons. The molecule has 0 aliphatic carbocycles. The van der Waals surface area contributed by atoms with Crippen LogP contribution in [0.2, 0.25) is 0 Å². The second-order valence-corrected chi connectivity index (χ2v) is 4.31. The topological polar surface area (TPSA) is 63.2 Å². The zero-order valence-corrected chi connectivity index (χ0v) is 11.4. The number of amides is 1. The van der Waals surface area contributed by atoms with Crippen LogP contribution < -0.4 is 15.4 Å². The van der Waals surface area contributed by atoms with Crippen LogP contribution >= 0.6 is 0 Å². The number of carbonyl (C=O) groups is 1. The second kappa shape index (κ2) is 6.83. The number of nitrogens with one attached hydrogen (secondary N) is 2. The maximum Gasteiger partial charge on any atom is 0.242 e. The number of hydrogen-bond donors (Lipinski definition) is 2. The average molecular weight is 251 g/mol. The predicted octanol–water partition coefficient (Wildman–Crippen LogP) is 1.81. The first-order valence-electron chi connectivity index (χ1n) is 6.19. The molecule has 18 heavy (non-hydrogen) atoms. The van der Waals surface area contributed by atoms with Gasteiger partial charge in [0, 0.05) is 12.2 Å². The normalized spacial score (nSPS) is 12.1. The fraction of sp³-hybridized carbons (Fsp3) is 0.538. The first-order valence-corrected chi connectivity index (χ1v) is 6.19. The van der Waals surface area contributed by atoms with Gasteiger partial charge < -0.3 is 15.4 Å². The van der Waals surface area contributed by atoms with Gasteiger partial charge in [-0.3, -0.25) is 4.79 Å². The van der Waals surface area contributed by atoms with E-state index in [2.05, 4.69) is 15.6 Å². The molecule has 0 aliphatic heterocycles. The molecule has 5 heteroatoms. The summed E-state index contributed by atoms with van der Waals surface area (Å²) in [5, 5.41) is 5.90. The molecule has 0 saturated carbocycles. The van der Waals surface area contributed by atoms with E-state index >= 15 is 0 Å². The third kappa shape index (κ3) is 4.24. The standard InChI is InChI=1S/C13H21N3O2/c1-5-18-11-7-6-8-14-12(11)16-10(4)13(17)15-9(2)3/h6-10H,5H2,1-4H3,(H,14,16)(H,15,17). The highest BCUT2D eigenvalue weighted by Gasteiger charge is 2.15. The summed E-state index contributed by atoms with van der Waals surface area (Å²) in [6.45, 7) is 8.12. The second-order valence-electron chi connectivity index (χ2n) is 4.31. The molecule has 1 aromatic rings. The van der Waals surface area contributed by atoms with Crippen molar-refractivity contribution in [3.8, 4) is 5.75 Å². The highest BCUT2D eigenvalue weighted by atomic mass is 16.5. The third-order valence-electron chi connectivity index (χ3n) is 2.25. The maximum atomic E-state index is 11.8. The molecule has 0 bridgehead atoms. The molecule has 0 saturated heterocycles. The number of rotatable bonds is 6. The van der Waals surface area contributed by atoms with E-state index in [0.29, 0.717) is 18.2 Å². The predicted molar refractivity (Wildman–Crippen MR) is 71.8 cm³/mol. The van der Waals surface area contributed by atoms with Gasteiger partial charge >= 0.3 is 0 Å². The fourth-order valence-corrected chi connectivity index (χ4v) is 1.45. The molecule has 1 amide bonds. The summed E-state index contributed by atoms with van der Waals surface area (Å²) in [5.74, 6) is 1.19. The lowest BCUT2D eigenvalue weighted by Crippen LogP contribution is -2.41. The van der Waals surface area contributed by atoms with E-state index in [0.717, 1.165) is 0 Å². The molecule has 1 atom stereocenters. The Bertz CT molecular complexity index is 394. The van der Waals surface area contributed by atoms with Gasteiger partial charge in [-0.2, -0.15) is 0 Å². The van der Waals surface area contributed by atoms with E-state index in [1.165, 1.54) is 0 Å². The summed E-state index contributed by atoms with van der Waals surface area (Å²) in [6.07, 6.45) is 1.66. The first kappa shape index (κ1) is 14.3. The Hall–Kier alpha value is -1.78. The van der Waals surface area contributed by atoms with Crippen LogP contribution in [0.5, 0.6) is 5.75 Å². The van der Waals surface area contributed by atoms with E-state index in [9.17, 15) is 4.79 Å². The molecule has 1 aromatic heterocycles. The highest BCUT2D eigenvalue weighted by Crippen LogP contribution is 2.21. The lowest BCUT2D eigenvalue weighted by molar-refractivity contribution is -0.122. The zero-order chi connectivity index (χ0) is 13.5. The smallest absolute Gasteiger partial charge is 0.242 e. The Balaban J connectivity index is 2.69. The summed E-state index contributed by atoms with van der Waals surface area (Å²) in [7, 11) is 0. The first-order chi connectivity index (χ1) is 8.54. The van der Waals surface area contributed by atoms with Crippen molar-refractivity contribution in [2.45, 2.75) is 39.8 Å². The van der Waals surface area contributed by atoms with Crippen molar-refractivity contribution >= 4 is 11.7 Å². The SMILES string of the molecule is CCOc1cccnc1NC(C)C(=O)NC(C)C. The van der Waals surface area contributed by atoms with Crippen molar-refractivity contribution in [2.24, 2.45) is 0 Å². The molecule has 0 spiro atoms. The Morgan fingerprint density at radius 2 is 2.17 bits per heavy atom. The summed E-state index contributed by atoms with van der Waals surface area (Å²) >= 11 is 0. The van der Waals surface area contributed by atoms with Crippen LogP contribution in [-0.2, 0) is 4.79 Å². The van der Waals surface area contributed by atoms with Crippen molar-refractivity contribution in [2.75, 3.05) is 11.9 Å². The number of nitrogens with zero attached hydrogens (tertiary/aromatic N) is 1. The summed E-state index contributed by atoms with van der Waals surface area (Å²) < 4.78 is 5.44. The van der Waals surface area contributed by atoms with Gasteiger partial charge in [0.25, 0.3) is 0 Å². The monoisotopic (exact) mass is 251 g/mol. The molecule has 1 unspecified atom stereocenters. The third-order valence-corrected chi connectivity index (χ3v) is 2.25. The van der Waals surface area contributed by atoms with Gasteiger partial charge in [0.1, 0.15) is 6.04 Å². The maximum absolute atomic E-state index is 11.8. The Labute approximate surface area is 108 Å². The van der Waals surface area contributed by atoms with Crippen molar-refractivity contribution in [1.82, 2.24) is 10.3 Å². The van der Waals surface area contributed by atoms with Crippen LogP contribution in [0.15, 0.2) is 18.3 Å². The largest absolute Gasteiger partial charge is 0.490 e. The van der Waals surface area contributed by atoms with Gasteiger partial charge in [0.15, 0.2) is 11.6 Å². The molecule has 2 N–H and O–H groups in total. The van der Waals surface area contributed by atoms with E-state index < -0.39 is 0 Å². The van der Waals surface area contributed by atoms with E-state index in [-0.39, 0.29) is 18.0 Å². The van der Waals surface area contributed by atoms with Crippen molar-refractivity contribution < 1.29 is 9.53 Å². The summed E-state index contributed by atoms with van der Waals surface area (Å²) in [6, 6.07) is 3.39.